The average Bonchev–Trinajstić information content (AvgIpc) is 3.30. The molecule has 0 saturated carbocycles. The number of nitrogens with one attached hydrogen (secondary N) is 2. The number of halogens is 3. The number of carbonyl (C=O) groups is 5. The maximum Gasteiger partial charge on any atom is 0.490 e. The second-order valence-corrected chi connectivity index (χ2v) is 22.7. The highest BCUT2D eigenvalue weighted by Crippen LogP contribution is 2.33. The largest absolute Gasteiger partial charge is 0.508 e. The van der Waals surface area contributed by atoms with Crippen LogP contribution in [0.3, 0.4) is 0 Å². The average molecular weight is 1190 g/mol. The number of aromatic hydroxyl groups is 1. The molecule has 0 fully saturated rings. The molecule has 0 radical (unpaired) electrons. The van der Waals surface area contributed by atoms with Crippen molar-refractivity contribution in [3.8, 4) is 17.2 Å². The van der Waals surface area contributed by atoms with Gasteiger partial charge in [-0.2, -0.15) is 40.2 Å². The van der Waals surface area contributed by atoms with E-state index in [0.29, 0.717) is 52.8 Å². The Morgan fingerprint density at radius 3 is 1.11 bits per heavy atom. The molecule has 0 bridgehead atoms. The second kappa shape index (κ2) is 39.3. The van der Waals surface area contributed by atoms with E-state index in [9.17, 15) is 37.5 Å². The number of alkyl halides is 3. The molecular weight excluding hydrogens is 1090 g/mol. The number of hydrogen-bond acceptors (Lipinski definition) is 12. The van der Waals surface area contributed by atoms with Gasteiger partial charge in [0, 0.05) is 19.6 Å². The van der Waals surface area contributed by atoms with Gasteiger partial charge in [0.25, 0.3) is 0 Å². The van der Waals surface area contributed by atoms with Crippen molar-refractivity contribution in [2.45, 2.75) is 151 Å². The molecule has 81 heavy (non-hydrogen) atoms. The summed E-state index contributed by atoms with van der Waals surface area (Å²) < 4.78 is 48.0. The number of phenols is 1. The molecule has 464 valence electrons. The van der Waals surface area contributed by atoms with E-state index in [1.807, 2.05) is 56.3 Å². The Hall–Kier alpha value is -5.22. The van der Waals surface area contributed by atoms with Crippen molar-refractivity contribution in [3.63, 3.8) is 0 Å². The Morgan fingerprint density at radius 1 is 0.543 bits per heavy atom. The van der Waals surface area contributed by atoms with Crippen LogP contribution in [-0.4, -0.2) is 146 Å². The molecule has 0 aromatic heterocycles. The maximum absolute atomic E-state index is 12.5. The smallest absolute Gasteiger partial charge is 0.490 e. The Balaban J connectivity index is -0.00000108. The van der Waals surface area contributed by atoms with Crippen molar-refractivity contribution in [2.75, 3.05) is 61.9 Å². The number of amides is 2. The lowest BCUT2D eigenvalue weighted by molar-refractivity contribution is -0.192. The van der Waals surface area contributed by atoms with Crippen LogP contribution in [0.4, 0.5) is 22.8 Å². The normalized spacial score (nSPS) is 14.2. The van der Waals surface area contributed by atoms with Gasteiger partial charge in [0.05, 0.1) is 0 Å². The molecule has 3 rings (SSSR count). The van der Waals surface area contributed by atoms with Gasteiger partial charge in [0.15, 0.2) is 0 Å². The number of ether oxygens (including phenoxy) is 3. The molecule has 16 nitrogen and oxygen atoms in total. The third-order valence-electron chi connectivity index (χ3n) is 12.7. The standard InChI is InChI=1S/C24H40N2O4.C20H32N2O4.C14H23NO.C2HF3O2.2H2S/c1-10-20(17(4)15-26(8)9)18-12-11-13-19(14-18)29-23(28)25-21(16(2)3)22(27)30-24(5,6)7;1-7-17(14(4)12-22(5)6)15-9-8-10-16(11-15)26-20(25)21-18(13(2)3)19(23)24;1-5-14(11(2)10-15(3)4)12-7-6-8-13(16)9-12;3-2(4,5)1(6)7;;/h11-14,16-17,20-21H,10,15H2,1-9H3,(H,25,28);8-11,13-14,17-18H,7,12H2,1-6H3,(H,21,25)(H,23,24);6-9,11,14,16H,5,10H2,1-4H3;(H,6,7);2*1H2/t17?,20?,21-;14?,17?,18-;;;;/m00..../s1. The van der Waals surface area contributed by atoms with Crippen LogP contribution in [0, 0.1) is 29.6 Å². The predicted molar refractivity (Wildman–Crippen MR) is 327 cm³/mol. The Morgan fingerprint density at radius 2 is 0.852 bits per heavy atom. The molecule has 0 saturated heterocycles. The molecule has 0 spiro atoms. The van der Waals surface area contributed by atoms with Crippen molar-refractivity contribution in [1.82, 2.24) is 25.3 Å². The lowest BCUT2D eigenvalue weighted by Crippen LogP contribution is -2.48. The van der Waals surface area contributed by atoms with Gasteiger partial charge in [-0.15, -0.1) is 0 Å². The van der Waals surface area contributed by atoms with Gasteiger partial charge in [0.1, 0.15) is 34.9 Å². The Labute approximate surface area is 496 Å². The van der Waals surface area contributed by atoms with Gasteiger partial charge in [-0.1, -0.05) is 106 Å². The van der Waals surface area contributed by atoms with Crippen LogP contribution in [0.5, 0.6) is 17.2 Å². The van der Waals surface area contributed by atoms with Gasteiger partial charge in [-0.25, -0.2) is 24.0 Å². The van der Waals surface area contributed by atoms with Crippen LogP contribution >= 0.6 is 27.0 Å². The second-order valence-electron chi connectivity index (χ2n) is 22.7. The molecule has 0 aliphatic heterocycles. The number of carboxylic acids is 2. The number of esters is 1. The van der Waals surface area contributed by atoms with E-state index in [4.69, 9.17) is 29.2 Å². The minimum absolute atomic E-state index is 0. The molecule has 2 amide bonds. The third kappa shape index (κ3) is 32.9. The molecule has 3 aromatic carbocycles. The fourth-order valence-electron chi connectivity index (χ4n) is 9.29. The summed E-state index contributed by atoms with van der Waals surface area (Å²) in [5, 5.41) is 30.9. The number of benzene rings is 3. The first-order valence-electron chi connectivity index (χ1n) is 27.1. The van der Waals surface area contributed by atoms with Crippen LogP contribution in [0.2, 0.25) is 0 Å². The Bertz CT molecular complexity index is 2300. The minimum atomic E-state index is -5.08. The molecule has 0 aliphatic rings. The lowest BCUT2D eigenvalue weighted by Gasteiger charge is -2.27. The molecule has 0 heterocycles. The predicted octanol–water partition coefficient (Wildman–Crippen LogP) is 12.4. The van der Waals surface area contributed by atoms with Gasteiger partial charge < -0.3 is 54.9 Å². The zero-order valence-electron chi connectivity index (χ0n) is 51.5. The van der Waals surface area contributed by atoms with E-state index in [0.717, 1.165) is 50.0 Å². The first-order chi connectivity index (χ1) is 36.5. The highest BCUT2D eigenvalue weighted by Gasteiger charge is 2.38. The fourth-order valence-corrected chi connectivity index (χ4v) is 9.29. The number of carbonyl (C=O) groups excluding carboxylic acids is 3. The summed E-state index contributed by atoms with van der Waals surface area (Å²) in [5.74, 6) is -0.648. The van der Waals surface area contributed by atoms with E-state index < -0.39 is 54.0 Å². The van der Waals surface area contributed by atoms with E-state index >= 15 is 0 Å². The summed E-state index contributed by atoms with van der Waals surface area (Å²) in [7, 11) is 12.5. The van der Waals surface area contributed by atoms with E-state index in [1.165, 1.54) is 5.56 Å². The van der Waals surface area contributed by atoms with Gasteiger partial charge >= 0.3 is 36.3 Å². The zero-order chi connectivity index (χ0) is 61.1. The summed E-state index contributed by atoms with van der Waals surface area (Å²) >= 11 is 0. The van der Waals surface area contributed by atoms with Gasteiger partial charge in [-0.05, 0) is 183 Å². The van der Waals surface area contributed by atoms with E-state index in [2.05, 4.69) is 121 Å². The number of phenolic OH excluding ortho intramolecular Hbond substituents is 1. The van der Waals surface area contributed by atoms with Crippen LogP contribution in [0.15, 0.2) is 72.8 Å². The van der Waals surface area contributed by atoms with E-state index in [1.54, 1.807) is 52.8 Å². The molecule has 5 N–H and O–H groups in total. The van der Waals surface area contributed by atoms with Crippen LogP contribution < -0.4 is 20.1 Å². The maximum atomic E-state index is 12.5. The molecule has 21 heteroatoms. The number of carboxylic acid groups (broad SMARTS) is 2. The van der Waals surface area contributed by atoms with Crippen LogP contribution in [0.25, 0.3) is 0 Å². The third-order valence-corrected chi connectivity index (χ3v) is 12.7. The van der Waals surface area contributed by atoms with Crippen LogP contribution in [-0.2, 0) is 19.1 Å². The summed E-state index contributed by atoms with van der Waals surface area (Å²) in [6.07, 6.45) is -3.40. The summed E-state index contributed by atoms with van der Waals surface area (Å²) in [4.78, 5) is 63.6. The van der Waals surface area contributed by atoms with E-state index in [-0.39, 0.29) is 38.8 Å². The van der Waals surface area contributed by atoms with Crippen molar-refractivity contribution in [3.05, 3.63) is 89.5 Å². The summed E-state index contributed by atoms with van der Waals surface area (Å²) in [5.41, 5.74) is 2.88. The molecule has 8 atom stereocenters. The monoisotopic (exact) mass is 1190 g/mol. The van der Waals surface area contributed by atoms with Crippen molar-refractivity contribution >= 4 is 57.1 Å². The summed E-state index contributed by atoms with van der Waals surface area (Å²) in [6.45, 7) is 28.9. The van der Waals surface area contributed by atoms with Gasteiger partial charge in [0.2, 0.25) is 0 Å². The number of nitrogens with zero attached hydrogens (tertiary/aromatic N) is 3. The fraction of sp³-hybridized carbons (Fsp3) is 0.617. The minimum Gasteiger partial charge on any atom is -0.508 e. The number of hydrogen-bond donors (Lipinski definition) is 5. The molecule has 6 unspecified atom stereocenters. The highest BCUT2D eigenvalue weighted by molar-refractivity contribution is 7.59. The summed E-state index contributed by atoms with van der Waals surface area (Å²) in [6, 6.07) is 21.0. The number of aliphatic carboxylic acids is 2. The topological polar surface area (TPSA) is 208 Å². The lowest BCUT2D eigenvalue weighted by atomic mass is 9.85. The van der Waals surface area contributed by atoms with Crippen LogP contribution in [0.1, 0.15) is 144 Å². The van der Waals surface area contributed by atoms with Crippen molar-refractivity contribution in [2.24, 2.45) is 29.6 Å². The van der Waals surface area contributed by atoms with Crippen molar-refractivity contribution < 1.29 is 66.7 Å². The molecular formula is C60H100F3N5O11S2. The Kier molecular flexibility index (Phi) is 38.8. The zero-order valence-corrected chi connectivity index (χ0v) is 53.5. The number of rotatable bonds is 23. The highest BCUT2D eigenvalue weighted by atomic mass is 32.1. The molecule has 0 aliphatic carbocycles. The molecule has 3 aromatic rings. The SMILES string of the molecule is CCC(c1cccc(O)c1)C(C)CN(C)C.CCC(c1cccc(OC(=O)N[C@H](C(=O)O)C(C)C)c1)C(C)CN(C)C.CCC(c1cccc(OC(=O)N[C@H](C(=O)OC(C)(C)C)C(C)C)c1)C(C)CN(C)C.O=C(O)C(F)(F)F.S.S. The van der Waals surface area contributed by atoms with Crippen molar-refractivity contribution in [1.29, 1.82) is 0 Å². The quantitative estimate of drug-likeness (QED) is 0.0560. The van der Waals surface area contributed by atoms with Gasteiger partial charge in [-0.3, -0.25) is 0 Å². The first kappa shape index (κ1) is 80.0. The first-order valence-corrected chi connectivity index (χ1v) is 27.1.